The summed E-state index contributed by atoms with van der Waals surface area (Å²) in [5, 5.41) is 25.5. The number of nitrogens with zero attached hydrogens (tertiary/aromatic N) is 4. The van der Waals surface area contributed by atoms with Crippen molar-refractivity contribution in [3.05, 3.63) is 24.0 Å². The topological polar surface area (TPSA) is 103 Å². The van der Waals surface area contributed by atoms with Gasteiger partial charge in [-0.25, -0.2) is 19.6 Å². The number of carbonyl (C=O) groups is 1. The quantitative estimate of drug-likeness (QED) is 0.834. The van der Waals surface area contributed by atoms with Crippen LogP contribution in [0.15, 0.2) is 18.3 Å². The van der Waals surface area contributed by atoms with Crippen LogP contribution >= 0.6 is 0 Å². The second-order valence-electron chi connectivity index (χ2n) is 5.66. The number of rotatable bonds is 4. The summed E-state index contributed by atoms with van der Waals surface area (Å²) >= 11 is 0. The van der Waals surface area contributed by atoms with Crippen LogP contribution in [0.4, 0.5) is 5.82 Å². The van der Waals surface area contributed by atoms with Crippen molar-refractivity contribution < 1.29 is 9.90 Å². The van der Waals surface area contributed by atoms with Crippen LogP contribution in [0.1, 0.15) is 23.3 Å². The molecular weight excluding hydrogens is 281 g/mol. The van der Waals surface area contributed by atoms with Gasteiger partial charge in [0.2, 0.25) is 0 Å². The molecule has 1 fully saturated rings. The zero-order chi connectivity index (χ0) is 15.5. The molecule has 0 radical (unpaired) electrons. The first-order chi connectivity index (χ1) is 10.7. The Kier molecular flexibility index (Phi) is 3.96. The van der Waals surface area contributed by atoms with E-state index in [1.54, 1.807) is 12.1 Å². The smallest absolute Gasteiger partial charge is 0.356 e. The van der Waals surface area contributed by atoms with E-state index in [0.717, 1.165) is 32.0 Å². The lowest BCUT2D eigenvalue weighted by molar-refractivity contribution is 0.0688. The predicted octanol–water partition coefficient (Wildman–Crippen LogP) is 1.81. The summed E-state index contributed by atoms with van der Waals surface area (Å²) in [4.78, 5) is 15.1. The zero-order valence-corrected chi connectivity index (χ0v) is 12.1. The van der Waals surface area contributed by atoms with Gasteiger partial charge in [-0.2, -0.15) is 0 Å². The Morgan fingerprint density at radius 3 is 2.95 bits per heavy atom. The molecule has 2 aromatic rings. The van der Waals surface area contributed by atoms with Crippen LogP contribution in [-0.2, 0) is 0 Å². The van der Waals surface area contributed by atoms with Crippen LogP contribution in [0.2, 0.25) is 12.6 Å². The molecule has 7 nitrogen and oxygen atoms in total. The molecule has 2 aromatic heterocycles. The monoisotopic (exact) mass is 297 g/mol. The van der Waals surface area contributed by atoms with Crippen LogP contribution in [0, 0.1) is 17.1 Å². The first-order valence-electron chi connectivity index (χ1n) is 7.39. The van der Waals surface area contributed by atoms with E-state index in [2.05, 4.69) is 21.4 Å². The van der Waals surface area contributed by atoms with Crippen LogP contribution in [0.3, 0.4) is 0 Å². The van der Waals surface area contributed by atoms with Crippen LogP contribution in [0.25, 0.3) is 5.65 Å². The second-order valence-corrected chi connectivity index (χ2v) is 5.66. The van der Waals surface area contributed by atoms with Gasteiger partial charge < -0.3 is 10.4 Å². The van der Waals surface area contributed by atoms with Gasteiger partial charge in [0.25, 0.3) is 6.71 Å². The van der Waals surface area contributed by atoms with Crippen molar-refractivity contribution in [3.63, 3.8) is 0 Å². The number of nitriles is 1. The molecule has 0 aliphatic carbocycles. The van der Waals surface area contributed by atoms with Gasteiger partial charge in [0.1, 0.15) is 5.82 Å². The zero-order valence-electron chi connectivity index (χ0n) is 12.1. The Labute approximate surface area is 128 Å². The highest BCUT2D eigenvalue weighted by Crippen LogP contribution is 2.25. The molecule has 1 aliphatic heterocycles. The molecule has 8 heteroatoms. The summed E-state index contributed by atoms with van der Waals surface area (Å²) in [6, 6.07) is 3.54. The van der Waals surface area contributed by atoms with Gasteiger partial charge in [0.15, 0.2) is 11.3 Å². The Morgan fingerprint density at radius 1 is 1.50 bits per heavy atom. The fraction of sp³-hybridized carbons (Fsp3) is 0.429. The maximum atomic E-state index is 11.1. The van der Waals surface area contributed by atoms with E-state index in [4.69, 9.17) is 10.4 Å². The number of aromatic carboxylic acids is 1. The third kappa shape index (κ3) is 2.88. The maximum Gasteiger partial charge on any atom is 0.356 e. The summed E-state index contributed by atoms with van der Waals surface area (Å²) in [5.41, 5.74) is 0.561. The average molecular weight is 297 g/mol. The van der Waals surface area contributed by atoms with E-state index >= 15 is 0 Å². The van der Waals surface area contributed by atoms with E-state index in [0.29, 0.717) is 17.4 Å². The molecule has 112 valence electrons. The molecule has 1 aliphatic rings. The fourth-order valence-corrected chi connectivity index (χ4v) is 2.86. The highest BCUT2D eigenvalue weighted by molar-refractivity contribution is 6.67. The summed E-state index contributed by atoms with van der Waals surface area (Å²) in [7, 11) is 0. The van der Waals surface area contributed by atoms with Crippen LogP contribution < -0.4 is 5.32 Å². The summed E-state index contributed by atoms with van der Waals surface area (Å²) in [5.74, 6) is 2.45. The molecular formula is C14H16BN5O2. The summed E-state index contributed by atoms with van der Waals surface area (Å²) < 4.78 is 1.33. The van der Waals surface area contributed by atoms with Gasteiger partial charge in [-0.15, -0.1) is 5.10 Å². The number of anilines is 1. The lowest BCUT2D eigenvalue weighted by Crippen LogP contribution is -2.25. The molecule has 0 aromatic carbocycles. The number of imidazole rings is 1. The van der Waals surface area contributed by atoms with Gasteiger partial charge in [0.05, 0.1) is 6.20 Å². The number of fused-ring (bicyclic) bond motifs is 1. The number of hydrogen-bond acceptors (Lipinski definition) is 5. The minimum atomic E-state index is -1.05. The maximum absolute atomic E-state index is 11.1. The fourth-order valence-electron chi connectivity index (χ4n) is 2.86. The van der Waals surface area contributed by atoms with Gasteiger partial charge in [-0.1, -0.05) is 25.5 Å². The Balaban J connectivity index is 1.66. The van der Waals surface area contributed by atoms with E-state index in [1.165, 1.54) is 10.7 Å². The highest BCUT2D eigenvalue weighted by atomic mass is 16.4. The molecule has 1 saturated heterocycles. The summed E-state index contributed by atoms with van der Waals surface area (Å²) in [6.07, 6.45) is 5.30. The molecule has 0 unspecified atom stereocenters. The average Bonchev–Trinajstić information content (AvgIpc) is 2.96. The van der Waals surface area contributed by atoms with Gasteiger partial charge in [-0.05, 0) is 18.1 Å². The van der Waals surface area contributed by atoms with Crippen molar-refractivity contribution in [2.24, 2.45) is 5.92 Å². The number of carboxylic acids is 1. The minimum Gasteiger partial charge on any atom is -0.476 e. The SMILES string of the molecule is N#CB1CCC(CNc2ccc3ncc(C(=O)O)n3n2)CC1. The molecule has 0 amide bonds. The molecule has 2 N–H and O–H groups in total. The lowest BCUT2D eigenvalue weighted by atomic mass is 9.42. The standard InChI is InChI=1S/C14H16BN5O2/c16-9-15-5-3-10(4-6-15)7-17-12-1-2-13-18-8-11(14(21)22)20(13)19-12/h1-2,8,10H,3-7H2,(H,17,19)(H,21,22). The molecule has 3 rings (SSSR count). The largest absolute Gasteiger partial charge is 0.476 e. The van der Waals surface area contributed by atoms with E-state index in [-0.39, 0.29) is 12.4 Å². The number of aromatic nitrogens is 3. The van der Waals surface area contributed by atoms with E-state index in [1.807, 2.05) is 0 Å². The Hall–Kier alpha value is -2.56. The first-order valence-corrected chi connectivity index (χ1v) is 7.39. The van der Waals surface area contributed by atoms with Crippen molar-refractivity contribution in [3.8, 4) is 5.97 Å². The predicted molar refractivity (Wildman–Crippen MR) is 82.1 cm³/mol. The third-order valence-electron chi connectivity index (χ3n) is 4.18. The number of hydrogen-bond donors (Lipinski definition) is 2. The molecule has 3 heterocycles. The molecule has 0 spiro atoms. The van der Waals surface area contributed by atoms with E-state index < -0.39 is 5.97 Å². The lowest BCUT2D eigenvalue weighted by Gasteiger charge is -2.23. The van der Waals surface area contributed by atoms with Crippen molar-refractivity contribution >= 4 is 24.1 Å². The number of carboxylic acid groups (broad SMARTS) is 1. The van der Waals surface area contributed by atoms with Crippen LogP contribution in [-0.4, -0.2) is 38.9 Å². The van der Waals surface area contributed by atoms with Crippen molar-refractivity contribution in [1.29, 1.82) is 5.26 Å². The van der Waals surface area contributed by atoms with Gasteiger partial charge in [0, 0.05) is 12.5 Å². The Morgan fingerprint density at radius 2 is 2.27 bits per heavy atom. The molecule has 0 saturated carbocycles. The highest BCUT2D eigenvalue weighted by Gasteiger charge is 2.24. The molecule has 0 bridgehead atoms. The van der Waals surface area contributed by atoms with Crippen molar-refractivity contribution in [2.75, 3.05) is 11.9 Å². The first kappa shape index (κ1) is 14.4. The minimum absolute atomic E-state index is 0.0492. The van der Waals surface area contributed by atoms with Crippen LogP contribution in [0.5, 0.6) is 0 Å². The normalized spacial score (nSPS) is 15.7. The summed E-state index contributed by atoms with van der Waals surface area (Å²) in [6.45, 7) is 0.989. The van der Waals surface area contributed by atoms with Gasteiger partial charge in [-0.3, -0.25) is 0 Å². The molecule has 22 heavy (non-hydrogen) atoms. The third-order valence-corrected chi connectivity index (χ3v) is 4.18. The Bertz CT molecular complexity index is 730. The van der Waals surface area contributed by atoms with Crippen molar-refractivity contribution in [2.45, 2.75) is 25.5 Å². The molecule has 0 atom stereocenters. The number of nitrogens with one attached hydrogen (secondary N) is 1. The second kappa shape index (κ2) is 6.06. The van der Waals surface area contributed by atoms with Gasteiger partial charge >= 0.3 is 5.97 Å². The van der Waals surface area contributed by atoms with E-state index in [9.17, 15) is 4.79 Å². The van der Waals surface area contributed by atoms with Crippen molar-refractivity contribution in [1.82, 2.24) is 14.6 Å².